The van der Waals surface area contributed by atoms with Crippen molar-refractivity contribution in [3.63, 3.8) is 0 Å². The van der Waals surface area contributed by atoms with E-state index >= 15 is 0 Å². The summed E-state index contributed by atoms with van der Waals surface area (Å²) in [4.78, 5) is 8.80. The molecule has 1 aromatic heterocycles. The number of rotatable bonds is 3. The van der Waals surface area contributed by atoms with Crippen LogP contribution >= 0.6 is 11.6 Å². The molecule has 0 amide bonds. The normalized spacial score (nSPS) is 11.5. The van der Waals surface area contributed by atoms with Gasteiger partial charge in [0.2, 0.25) is 5.89 Å². The number of hydrogen-bond donors (Lipinski definition) is 1. The minimum absolute atomic E-state index is 0.0575. The molecule has 0 aliphatic rings. The molecule has 0 spiro atoms. The van der Waals surface area contributed by atoms with Gasteiger partial charge in [0.1, 0.15) is 11.3 Å². The third-order valence-electron chi connectivity index (χ3n) is 4.01. The van der Waals surface area contributed by atoms with E-state index in [9.17, 15) is 5.11 Å². The van der Waals surface area contributed by atoms with Crippen molar-refractivity contribution in [3.8, 4) is 17.2 Å². The van der Waals surface area contributed by atoms with Crippen molar-refractivity contribution < 1.29 is 9.52 Å². The number of aromatic nitrogens is 1. The molecular formula is C21H15ClN2O2. The van der Waals surface area contributed by atoms with Gasteiger partial charge in [-0.1, -0.05) is 35.9 Å². The van der Waals surface area contributed by atoms with E-state index in [2.05, 4.69) is 9.98 Å². The van der Waals surface area contributed by atoms with Crippen LogP contribution in [0.15, 0.2) is 70.1 Å². The summed E-state index contributed by atoms with van der Waals surface area (Å²) in [5.41, 5.74) is 4.49. The molecule has 4 aromatic rings. The van der Waals surface area contributed by atoms with Crippen molar-refractivity contribution >= 4 is 34.6 Å². The summed E-state index contributed by atoms with van der Waals surface area (Å²) in [6, 6.07) is 18.3. The molecule has 0 radical (unpaired) electrons. The van der Waals surface area contributed by atoms with E-state index in [0.717, 1.165) is 16.6 Å². The zero-order valence-corrected chi connectivity index (χ0v) is 14.7. The monoisotopic (exact) mass is 362 g/mol. The first-order valence-electron chi connectivity index (χ1n) is 8.09. The van der Waals surface area contributed by atoms with Crippen molar-refractivity contribution in [1.29, 1.82) is 0 Å². The van der Waals surface area contributed by atoms with Gasteiger partial charge in [0.05, 0.1) is 11.3 Å². The van der Waals surface area contributed by atoms with Gasteiger partial charge in [0.15, 0.2) is 5.58 Å². The third-order valence-corrected chi connectivity index (χ3v) is 4.36. The van der Waals surface area contributed by atoms with Gasteiger partial charge in [-0.15, -0.1) is 0 Å². The Bertz CT molecular complexity index is 1130. The number of nitrogens with zero attached hydrogens (tertiary/aromatic N) is 2. The molecule has 0 saturated carbocycles. The number of aromatic hydroxyl groups is 1. The Kier molecular flexibility index (Phi) is 4.19. The molecule has 1 heterocycles. The molecule has 0 atom stereocenters. The Balaban J connectivity index is 1.66. The molecule has 0 aliphatic carbocycles. The van der Waals surface area contributed by atoms with Gasteiger partial charge >= 0.3 is 0 Å². The topological polar surface area (TPSA) is 58.6 Å². The smallest absolute Gasteiger partial charge is 0.231 e. The van der Waals surface area contributed by atoms with Gasteiger partial charge in [-0.2, -0.15) is 0 Å². The molecule has 3 aromatic carbocycles. The van der Waals surface area contributed by atoms with Crippen LogP contribution in [-0.2, 0) is 0 Å². The van der Waals surface area contributed by atoms with Crippen LogP contribution < -0.4 is 0 Å². The number of aryl methyl sites for hydroxylation is 1. The summed E-state index contributed by atoms with van der Waals surface area (Å²) in [5.74, 6) is 0.437. The highest BCUT2D eigenvalue weighted by molar-refractivity contribution is 6.33. The maximum atomic E-state index is 10.4. The standard InChI is InChI=1S/C21H15ClN2O2/c1-13-6-9-18-20(10-13)26-21(24-18)16-8-7-15(11-19(16)25)23-12-14-4-2-3-5-17(14)22/h2-12,25H,1H3. The van der Waals surface area contributed by atoms with Crippen LogP contribution in [0.5, 0.6) is 5.75 Å². The third kappa shape index (κ3) is 3.19. The van der Waals surface area contributed by atoms with E-state index in [1.165, 1.54) is 0 Å². The van der Waals surface area contributed by atoms with Gasteiger partial charge in [0.25, 0.3) is 0 Å². The van der Waals surface area contributed by atoms with Gasteiger partial charge in [-0.25, -0.2) is 4.98 Å². The molecule has 128 valence electrons. The molecule has 4 nitrogen and oxygen atoms in total. The van der Waals surface area contributed by atoms with E-state index in [1.807, 2.05) is 43.3 Å². The summed E-state index contributed by atoms with van der Waals surface area (Å²) < 4.78 is 5.77. The molecule has 0 saturated heterocycles. The van der Waals surface area contributed by atoms with Crippen molar-refractivity contribution in [3.05, 3.63) is 76.8 Å². The first kappa shape index (κ1) is 16.4. The number of aliphatic imine (C=N–C) groups is 1. The predicted octanol–water partition coefficient (Wildman–Crippen LogP) is 5.91. The quantitative estimate of drug-likeness (QED) is 0.460. The lowest BCUT2D eigenvalue weighted by atomic mass is 10.2. The first-order chi connectivity index (χ1) is 12.6. The van der Waals surface area contributed by atoms with E-state index in [4.69, 9.17) is 16.0 Å². The maximum Gasteiger partial charge on any atom is 0.231 e. The second kappa shape index (κ2) is 6.65. The fraction of sp³-hybridized carbons (Fsp3) is 0.0476. The lowest BCUT2D eigenvalue weighted by Crippen LogP contribution is -1.82. The predicted molar refractivity (Wildman–Crippen MR) is 105 cm³/mol. The van der Waals surface area contributed by atoms with Crippen molar-refractivity contribution in [1.82, 2.24) is 4.98 Å². The highest BCUT2D eigenvalue weighted by Gasteiger charge is 2.12. The first-order valence-corrected chi connectivity index (χ1v) is 8.47. The zero-order valence-electron chi connectivity index (χ0n) is 14.0. The van der Waals surface area contributed by atoms with E-state index in [0.29, 0.717) is 27.7 Å². The van der Waals surface area contributed by atoms with Crippen LogP contribution in [0.1, 0.15) is 11.1 Å². The highest BCUT2D eigenvalue weighted by atomic mass is 35.5. The van der Waals surface area contributed by atoms with Crippen LogP contribution in [0.4, 0.5) is 5.69 Å². The second-order valence-corrected chi connectivity index (χ2v) is 6.38. The highest BCUT2D eigenvalue weighted by Crippen LogP contribution is 2.34. The Morgan fingerprint density at radius 3 is 2.73 bits per heavy atom. The average Bonchev–Trinajstić information content (AvgIpc) is 3.04. The SMILES string of the molecule is Cc1ccc2nc(-c3ccc(N=Cc4ccccc4Cl)cc3O)oc2c1. The second-order valence-electron chi connectivity index (χ2n) is 5.97. The fourth-order valence-electron chi connectivity index (χ4n) is 2.65. The van der Waals surface area contributed by atoms with Crippen LogP contribution in [0.25, 0.3) is 22.6 Å². The minimum atomic E-state index is 0.0575. The summed E-state index contributed by atoms with van der Waals surface area (Å²) in [5, 5.41) is 11.0. The number of hydrogen-bond acceptors (Lipinski definition) is 4. The lowest BCUT2D eigenvalue weighted by Gasteiger charge is -2.02. The summed E-state index contributed by atoms with van der Waals surface area (Å²) in [7, 11) is 0. The molecule has 0 aliphatic heterocycles. The number of benzene rings is 3. The van der Waals surface area contributed by atoms with Crippen LogP contribution in [-0.4, -0.2) is 16.3 Å². The van der Waals surface area contributed by atoms with Gasteiger partial charge in [-0.3, -0.25) is 4.99 Å². The molecule has 0 bridgehead atoms. The molecule has 0 unspecified atom stereocenters. The van der Waals surface area contributed by atoms with Gasteiger partial charge < -0.3 is 9.52 Å². The number of halogens is 1. The molecule has 0 fully saturated rings. The van der Waals surface area contributed by atoms with E-state index < -0.39 is 0 Å². The number of phenolic OH excluding ortho intramolecular Hbond substituents is 1. The van der Waals surface area contributed by atoms with Gasteiger partial charge in [-0.05, 0) is 42.8 Å². The summed E-state index contributed by atoms with van der Waals surface area (Å²) >= 11 is 6.12. The fourth-order valence-corrected chi connectivity index (χ4v) is 2.84. The minimum Gasteiger partial charge on any atom is -0.507 e. The average molecular weight is 363 g/mol. The van der Waals surface area contributed by atoms with Crippen LogP contribution in [0.3, 0.4) is 0 Å². The molecule has 26 heavy (non-hydrogen) atoms. The lowest BCUT2D eigenvalue weighted by molar-refractivity contribution is 0.474. The molecule has 5 heteroatoms. The maximum absolute atomic E-state index is 10.4. The molecule has 4 rings (SSSR count). The van der Waals surface area contributed by atoms with E-state index in [1.54, 1.807) is 30.5 Å². The van der Waals surface area contributed by atoms with Crippen LogP contribution in [0, 0.1) is 6.92 Å². The summed E-state index contributed by atoms with van der Waals surface area (Å²) in [6.07, 6.45) is 1.67. The Morgan fingerprint density at radius 2 is 1.92 bits per heavy atom. The number of oxazole rings is 1. The Labute approximate surface area is 155 Å². The van der Waals surface area contributed by atoms with Gasteiger partial charge in [0, 0.05) is 22.9 Å². The van der Waals surface area contributed by atoms with E-state index in [-0.39, 0.29) is 5.75 Å². The number of phenols is 1. The summed E-state index contributed by atoms with van der Waals surface area (Å²) in [6.45, 7) is 1.99. The van der Waals surface area contributed by atoms with Crippen molar-refractivity contribution in [2.24, 2.45) is 4.99 Å². The Hall–Kier alpha value is -3.11. The Morgan fingerprint density at radius 1 is 1.08 bits per heavy atom. The number of fused-ring (bicyclic) bond motifs is 1. The largest absolute Gasteiger partial charge is 0.507 e. The molecule has 1 N–H and O–H groups in total. The van der Waals surface area contributed by atoms with Crippen LogP contribution in [0.2, 0.25) is 5.02 Å². The zero-order chi connectivity index (χ0) is 18.1. The van der Waals surface area contributed by atoms with Crippen molar-refractivity contribution in [2.45, 2.75) is 6.92 Å². The molecular weight excluding hydrogens is 348 g/mol. The van der Waals surface area contributed by atoms with Crippen molar-refractivity contribution in [2.75, 3.05) is 0 Å².